The first-order valence-electron chi connectivity index (χ1n) is 8.54. The summed E-state index contributed by atoms with van der Waals surface area (Å²) >= 11 is 0. The van der Waals surface area contributed by atoms with Gasteiger partial charge in [-0.15, -0.1) is 0 Å². The normalized spacial score (nSPS) is 10.5. The molecular weight excluding hydrogens is 345 g/mol. The van der Waals surface area contributed by atoms with E-state index in [1.165, 1.54) is 12.1 Å². The lowest BCUT2D eigenvalue weighted by Gasteiger charge is -2.17. The molecule has 0 fully saturated rings. The van der Waals surface area contributed by atoms with Crippen LogP contribution in [0, 0.1) is 12.7 Å². The maximum Gasteiger partial charge on any atom is 0.272 e. The Morgan fingerprint density at radius 2 is 1.89 bits per heavy atom. The lowest BCUT2D eigenvalue weighted by atomic mass is 10.2. The standard InChI is InChI=1S/C20H20FN5O/c1-14-23-18(13-19(24-14)25-17-6-4-3-5-16(17)21)20(27)26(2)12-9-15-7-10-22-11-8-15/h3-8,10-11,13H,9,12H2,1-2H3,(H,23,24,25). The summed E-state index contributed by atoms with van der Waals surface area (Å²) in [7, 11) is 1.73. The molecule has 1 aromatic carbocycles. The van der Waals surface area contributed by atoms with Gasteiger partial charge in [0.15, 0.2) is 0 Å². The van der Waals surface area contributed by atoms with Gasteiger partial charge in [-0.05, 0) is 43.2 Å². The number of halogens is 1. The molecule has 0 saturated heterocycles. The van der Waals surface area contributed by atoms with E-state index < -0.39 is 5.82 Å². The Labute approximate surface area is 157 Å². The van der Waals surface area contributed by atoms with Gasteiger partial charge >= 0.3 is 0 Å². The Balaban J connectivity index is 1.72. The molecule has 0 aliphatic rings. The first-order valence-corrected chi connectivity index (χ1v) is 8.54. The second-order valence-corrected chi connectivity index (χ2v) is 6.12. The number of pyridine rings is 1. The van der Waals surface area contributed by atoms with E-state index >= 15 is 0 Å². The molecule has 138 valence electrons. The van der Waals surface area contributed by atoms with Crippen molar-refractivity contribution in [2.24, 2.45) is 0 Å². The molecule has 0 unspecified atom stereocenters. The maximum absolute atomic E-state index is 13.8. The number of benzene rings is 1. The second kappa shape index (κ2) is 8.35. The lowest BCUT2D eigenvalue weighted by Crippen LogP contribution is -2.30. The van der Waals surface area contributed by atoms with Crippen molar-refractivity contribution in [3.8, 4) is 0 Å². The van der Waals surface area contributed by atoms with Crippen LogP contribution < -0.4 is 5.32 Å². The Morgan fingerprint density at radius 1 is 1.15 bits per heavy atom. The molecule has 0 saturated carbocycles. The van der Waals surface area contributed by atoms with Crippen LogP contribution in [0.3, 0.4) is 0 Å². The smallest absolute Gasteiger partial charge is 0.272 e. The number of nitrogens with one attached hydrogen (secondary N) is 1. The molecule has 0 aliphatic carbocycles. The van der Waals surface area contributed by atoms with Gasteiger partial charge in [0.05, 0.1) is 5.69 Å². The molecule has 27 heavy (non-hydrogen) atoms. The van der Waals surface area contributed by atoms with Crippen LogP contribution in [0.1, 0.15) is 21.9 Å². The van der Waals surface area contributed by atoms with Crippen molar-refractivity contribution in [3.05, 3.63) is 77.8 Å². The van der Waals surface area contributed by atoms with Crippen molar-refractivity contribution in [2.75, 3.05) is 18.9 Å². The van der Waals surface area contributed by atoms with Crippen molar-refractivity contribution in [3.63, 3.8) is 0 Å². The maximum atomic E-state index is 13.8. The Kier molecular flexibility index (Phi) is 5.71. The van der Waals surface area contributed by atoms with E-state index in [4.69, 9.17) is 0 Å². The van der Waals surface area contributed by atoms with Gasteiger partial charge < -0.3 is 10.2 Å². The highest BCUT2D eigenvalue weighted by atomic mass is 19.1. The fourth-order valence-electron chi connectivity index (χ4n) is 2.59. The van der Waals surface area contributed by atoms with Gasteiger partial charge in [-0.1, -0.05) is 12.1 Å². The number of amides is 1. The van der Waals surface area contributed by atoms with Crippen molar-refractivity contribution in [1.82, 2.24) is 19.9 Å². The number of carbonyl (C=O) groups excluding carboxylic acids is 1. The number of nitrogens with zero attached hydrogens (tertiary/aromatic N) is 4. The number of hydrogen-bond acceptors (Lipinski definition) is 5. The summed E-state index contributed by atoms with van der Waals surface area (Å²) in [5, 5.41) is 2.90. The van der Waals surface area contributed by atoms with Crippen LogP contribution in [0.15, 0.2) is 54.9 Å². The highest BCUT2D eigenvalue weighted by Crippen LogP contribution is 2.19. The monoisotopic (exact) mass is 365 g/mol. The SMILES string of the molecule is Cc1nc(Nc2ccccc2F)cc(C(=O)N(C)CCc2ccncc2)n1. The summed E-state index contributed by atoms with van der Waals surface area (Å²) in [5.41, 5.74) is 1.66. The summed E-state index contributed by atoms with van der Waals surface area (Å²) in [6.45, 7) is 2.24. The number of aryl methyl sites for hydroxylation is 1. The van der Waals surface area contributed by atoms with E-state index in [0.29, 0.717) is 23.9 Å². The zero-order valence-electron chi connectivity index (χ0n) is 15.2. The third-order valence-electron chi connectivity index (χ3n) is 4.03. The quantitative estimate of drug-likeness (QED) is 0.725. The first kappa shape index (κ1) is 18.4. The fourth-order valence-corrected chi connectivity index (χ4v) is 2.59. The molecule has 1 amide bonds. The molecular formula is C20H20FN5O. The molecule has 6 nitrogen and oxygen atoms in total. The molecule has 3 aromatic rings. The number of para-hydroxylation sites is 1. The van der Waals surface area contributed by atoms with Crippen molar-refractivity contribution < 1.29 is 9.18 Å². The highest BCUT2D eigenvalue weighted by molar-refractivity contribution is 5.93. The molecule has 0 radical (unpaired) electrons. The molecule has 3 rings (SSSR count). The van der Waals surface area contributed by atoms with Crippen molar-refractivity contribution in [2.45, 2.75) is 13.3 Å². The minimum absolute atomic E-state index is 0.217. The van der Waals surface area contributed by atoms with Crippen LogP contribution in [0.4, 0.5) is 15.9 Å². The zero-order valence-corrected chi connectivity index (χ0v) is 15.2. The predicted octanol–water partition coefficient (Wildman–Crippen LogP) is 3.38. The van der Waals surface area contributed by atoms with E-state index in [9.17, 15) is 9.18 Å². The average molecular weight is 365 g/mol. The number of aromatic nitrogens is 3. The Morgan fingerprint density at radius 3 is 2.63 bits per heavy atom. The van der Waals surface area contributed by atoms with Crippen LogP contribution in [-0.4, -0.2) is 39.4 Å². The second-order valence-electron chi connectivity index (χ2n) is 6.12. The van der Waals surface area contributed by atoms with Crippen molar-refractivity contribution >= 4 is 17.4 Å². The third kappa shape index (κ3) is 4.84. The molecule has 1 N–H and O–H groups in total. The van der Waals surface area contributed by atoms with Crippen LogP contribution >= 0.6 is 0 Å². The van der Waals surface area contributed by atoms with Crippen LogP contribution in [0.5, 0.6) is 0 Å². The van der Waals surface area contributed by atoms with Crippen LogP contribution in [0.2, 0.25) is 0 Å². The van der Waals surface area contributed by atoms with Gasteiger partial charge in [0.1, 0.15) is 23.2 Å². The van der Waals surface area contributed by atoms with E-state index in [1.54, 1.807) is 49.5 Å². The van der Waals surface area contributed by atoms with E-state index in [0.717, 1.165) is 12.0 Å². The third-order valence-corrected chi connectivity index (χ3v) is 4.03. The molecule has 0 atom stereocenters. The number of rotatable bonds is 6. The van der Waals surface area contributed by atoms with E-state index in [2.05, 4.69) is 20.3 Å². The summed E-state index contributed by atoms with van der Waals surface area (Å²) in [6, 6.07) is 11.7. The summed E-state index contributed by atoms with van der Waals surface area (Å²) < 4.78 is 13.8. The van der Waals surface area contributed by atoms with Gasteiger partial charge in [-0.3, -0.25) is 9.78 Å². The van der Waals surface area contributed by atoms with E-state index in [-0.39, 0.29) is 11.6 Å². The topological polar surface area (TPSA) is 71.0 Å². The molecule has 0 spiro atoms. The highest BCUT2D eigenvalue weighted by Gasteiger charge is 2.16. The molecule has 0 bridgehead atoms. The van der Waals surface area contributed by atoms with Crippen LogP contribution in [0.25, 0.3) is 0 Å². The molecule has 2 heterocycles. The predicted molar refractivity (Wildman–Crippen MR) is 101 cm³/mol. The minimum atomic E-state index is -0.392. The molecule has 2 aromatic heterocycles. The summed E-state index contributed by atoms with van der Waals surface area (Å²) in [6.07, 6.45) is 4.17. The average Bonchev–Trinajstić information content (AvgIpc) is 2.67. The van der Waals surface area contributed by atoms with Gasteiger partial charge in [-0.2, -0.15) is 0 Å². The molecule has 0 aliphatic heterocycles. The Hall–Kier alpha value is -3.35. The number of likely N-dealkylation sites (N-methyl/N-ethyl adjacent to an activating group) is 1. The summed E-state index contributed by atoms with van der Waals surface area (Å²) in [4.78, 5) is 26.8. The van der Waals surface area contributed by atoms with Gasteiger partial charge in [0, 0.05) is 32.1 Å². The lowest BCUT2D eigenvalue weighted by molar-refractivity contribution is 0.0790. The number of hydrogen-bond donors (Lipinski definition) is 1. The van der Waals surface area contributed by atoms with Crippen molar-refractivity contribution in [1.29, 1.82) is 0 Å². The largest absolute Gasteiger partial charge is 0.340 e. The number of anilines is 2. The minimum Gasteiger partial charge on any atom is -0.340 e. The number of carbonyl (C=O) groups is 1. The Bertz CT molecular complexity index is 933. The molecule has 7 heteroatoms. The van der Waals surface area contributed by atoms with Gasteiger partial charge in [0.2, 0.25) is 0 Å². The van der Waals surface area contributed by atoms with Gasteiger partial charge in [-0.25, -0.2) is 14.4 Å². The first-order chi connectivity index (χ1) is 13.0. The van der Waals surface area contributed by atoms with E-state index in [1.807, 2.05) is 12.1 Å². The zero-order chi connectivity index (χ0) is 19.2. The fraction of sp³-hybridized carbons (Fsp3) is 0.200. The summed E-state index contributed by atoms with van der Waals surface area (Å²) in [5.74, 6) is 0.197. The van der Waals surface area contributed by atoms with Gasteiger partial charge in [0.25, 0.3) is 5.91 Å². The van der Waals surface area contributed by atoms with Crippen LogP contribution in [-0.2, 0) is 6.42 Å².